The topological polar surface area (TPSA) is 17.1 Å². The lowest BCUT2D eigenvalue weighted by Gasteiger charge is -1.95. The van der Waals surface area contributed by atoms with E-state index in [1.165, 1.54) is 0 Å². The molecule has 88 valence electrons. The number of rotatable bonds is 1. The summed E-state index contributed by atoms with van der Waals surface area (Å²) in [6.07, 6.45) is 1.96. The van der Waals surface area contributed by atoms with Gasteiger partial charge in [0.25, 0.3) is 0 Å². The zero-order chi connectivity index (χ0) is 12.5. The van der Waals surface area contributed by atoms with Crippen LogP contribution in [0.5, 0.6) is 0 Å². The molecule has 0 spiro atoms. The van der Waals surface area contributed by atoms with Gasteiger partial charge in [-0.25, -0.2) is 0 Å². The van der Waals surface area contributed by atoms with Crippen LogP contribution in [0.1, 0.15) is 21.5 Å². The van der Waals surface area contributed by atoms with E-state index in [0.717, 1.165) is 26.5 Å². The lowest BCUT2D eigenvalue weighted by Crippen LogP contribution is -1.94. The Hall–Kier alpha value is -1.80. The van der Waals surface area contributed by atoms with Crippen LogP contribution in [-0.2, 0) is 0 Å². The van der Waals surface area contributed by atoms with Crippen molar-refractivity contribution in [1.29, 1.82) is 0 Å². The first kappa shape index (κ1) is 11.3. The maximum atomic E-state index is 12.3. The number of carbonyl (C=O) groups is 1. The summed E-state index contributed by atoms with van der Waals surface area (Å²) >= 11 is 1.56. The molecule has 2 aromatic rings. The molecule has 0 saturated carbocycles. The Morgan fingerprint density at radius 1 is 1.06 bits per heavy atom. The van der Waals surface area contributed by atoms with E-state index in [1.807, 2.05) is 61.5 Å². The molecule has 1 aliphatic heterocycles. The molecule has 18 heavy (non-hydrogen) atoms. The molecule has 0 fully saturated rings. The Bertz CT molecular complexity index is 641. The maximum absolute atomic E-state index is 12.3. The van der Waals surface area contributed by atoms with E-state index in [0.29, 0.717) is 0 Å². The predicted molar refractivity (Wildman–Crippen MR) is 75.8 cm³/mol. The Labute approximate surface area is 111 Å². The van der Waals surface area contributed by atoms with Crippen LogP contribution in [0.25, 0.3) is 6.08 Å². The third kappa shape index (κ3) is 2.00. The minimum absolute atomic E-state index is 0.141. The van der Waals surface area contributed by atoms with Gasteiger partial charge in [-0.1, -0.05) is 53.7 Å². The molecule has 1 aliphatic rings. The maximum Gasteiger partial charge on any atom is 0.200 e. The first-order chi connectivity index (χ1) is 8.74. The Kier molecular flexibility index (Phi) is 2.80. The number of carbonyl (C=O) groups excluding carboxylic acids is 1. The smallest absolute Gasteiger partial charge is 0.200 e. The summed E-state index contributed by atoms with van der Waals surface area (Å²) in [6.45, 7) is 2.01. The average Bonchev–Trinajstić information content (AvgIpc) is 2.68. The van der Waals surface area contributed by atoms with Gasteiger partial charge in [0, 0.05) is 10.5 Å². The monoisotopic (exact) mass is 252 g/mol. The van der Waals surface area contributed by atoms with Crippen molar-refractivity contribution in [2.45, 2.75) is 11.8 Å². The molecule has 0 saturated heterocycles. The highest BCUT2D eigenvalue weighted by Crippen LogP contribution is 2.41. The second-order valence-electron chi connectivity index (χ2n) is 4.35. The molecule has 0 radical (unpaired) electrons. The summed E-state index contributed by atoms with van der Waals surface area (Å²) < 4.78 is 0. The van der Waals surface area contributed by atoms with Crippen molar-refractivity contribution in [2.75, 3.05) is 0 Å². The summed E-state index contributed by atoms with van der Waals surface area (Å²) in [5.74, 6) is 0.141. The molecule has 1 nitrogen and oxygen atoms in total. The van der Waals surface area contributed by atoms with Crippen molar-refractivity contribution >= 4 is 23.6 Å². The summed E-state index contributed by atoms with van der Waals surface area (Å²) in [5.41, 5.74) is 3.03. The highest BCUT2D eigenvalue weighted by atomic mass is 32.2. The largest absolute Gasteiger partial charge is 0.288 e. The molecular weight excluding hydrogens is 240 g/mol. The van der Waals surface area contributed by atoms with Crippen LogP contribution in [0.15, 0.2) is 58.3 Å². The molecule has 1 heterocycles. The SMILES string of the molecule is Cc1ccc2c(c1)C(=O)C(=Cc1ccccc1)S2. The number of hydrogen-bond donors (Lipinski definition) is 0. The van der Waals surface area contributed by atoms with Crippen molar-refractivity contribution in [3.8, 4) is 0 Å². The molecular formula is C16H12OS. The molecule has 3 rings (SSSR count). The Morgan fingerprint density at radius 2 is 1.83 bits per heavy atom. The first-order valence-corrected chi connectivity index (χ1v) is 6.65. The zero-order valence-corrected chi connectivity index (χ0v) is 10.8. The highest BCUT2D eigenvalue weighted by Gasteiger charge is 2.25. The third-order valence-corrected chi connectivity index (χ3v) is 4.02. The van der Waals surface area contributed by atoms with E-state index < -0.39 is 0 Å². The van der Waals surface area contributed by atoms with Gasteiger partial charge in [0.05, 0.1) is 4.91 Å². The summed E-state index contributed by atoms with van der Waals surface area (Å²) in [4.78, 5) is 14.1. The molecule has 0 bridgehead atoms. The van der Waals surface area contributed by atoms with E-state index in [2.05, 4.69) is 0 Å². The molecule has 0 N–H and O–H groups in total. The van der Waals surface area contributed by atoms with E-state index in [9.17, 15) is 4.79 Å². The second-order valence-corrected chi connectivity index (χ2v) is 5.43. The highest BCUT2D eigenvalue weighted by molar-refractivity contribution is 8.04. The fourth-order valence-corrected chi connectivity index (χ4v) is 3.04. The van der Waals surface area contributed by atoms with Gasteiger partial charge in [0.1, 0.15) is 0 Å². The van der Waals surface area contributed by atoms with E-state index >= 15 is 0 Å². The van der Waals surface area contributed by atoms with Crippen LogP contribution in [0.4, 0.5) is 0 Å². The number of ketones is 1. The number of Topliss-reactive ketones (excluding diaryl/α,β-unsaturated/α-hetero) is 1. The van der Waals surface area contributed by atoms with Gasteiger partial charge in [-0.3, -0.25) is 4.79 Å². The number of benzene rings is 2. The van der Waals surface area contributed by atoms with E-state index in [1.54, 1.807) is 11.8 Å². The van der Waals surface area contributed by atoms with Crippen LogP contribution in [0, 0.1) is 6.92 Å². The first-order valence-electron chi connectivity index (χ1n) is 5.84. The van der Waals surface area contributed by atoms with E-state index in [4.69, 9.17) is 0 Å². The fourth-order valence-electron chi connectivity index (χ4n) is 2.00. The molecule has 0 atom stereocenters. The molecule has 0 aliphatic carbocycles. The predicted octanol–water partition coefficient (Wildman–Crippen LogP) is 4.32. The molecule has 2 heteroatoms. The van der Waals surface area contributed by atoms with E-state index in [-0.39, 0.29) is 5.78 Å². The van der Waals surface area contributed by atoms with Gasteiger partial charge in [-0.15, -0.1) is 0 Å². The van der Waals surface area contributed by atoms with Gasteiger partial charge >= 0.3 is 0 Å². The van der Waals surface area contributed by atoms with Crippen molar-refractivity contribution in [3.63, 3.8) is 0 Å². The number of aryl methyl sites for hydroxylation is 1. The molecule has 0 aromatic heterocycles. The Morgan fingerprint density at radius 3 is 2.61 bits per heavy atom. The summed E-state index contributed by atoms with van der Waals surface area (Å²) in [6, 6.07) is 16.0. The molecule has 0 unspecified atom stereocenters. The van der Waals surface area contributed by atoms with Crippen LogP contribution in [0.3, 0.4) is 0 Å². The normalized spacial score (nSPS) is 16.1. The number of thioether (sulfide) groups is 1. The van der Waals surface area contributed by atoms with Gasteiger partial charge < -0.3 is 0 Å². The zero-order valence-electron chi connectivity index (χ0n) is 10.0. The third-order valence-electron chi connectivity index (χ3n) is 2.92. The average molecular weight is 252 g/mol. The standard InChI is InChI=1S/C16H12OS/c1-11-7-8-14-13(9-11)16(17)15(18-14)10-12-5-3-2-4-6-12/h2-10H,1H3. The summed E-state index contributed by atoms with van der Waals surface area (Å²) in [5, 5.41) is 0. The van der Waals surface area contributed by atoms with Crippen molar-refractivity contribution in [3.05, 3.63) is 70.1 Å². The lowest BCUT2D eigenvalue weighted by atomic mass is 10.1. The van der Waals surface area contributed by atoms with Gasteiger partial charge in [-0.2, -0.15) is 0 Å². The number of hydrogen-bond acceptors (Lipinski definition) is 2. The fraction of sp³-hybridized carbons (Fsp3) is 0.0625. The molecule has 0 amide bonds. The van der Waals surface area contributed by atoms with Crippen LogP contribution in [0.2, 0.25) is 0 Å². The van der Waals surface area contributed by atoms with Crippen molar-refractivity contribution in [2.24, 2.45) is 0 Å². The Balaban J connectivity index is 2.00. The van der Waals surface area contributed by atoms with Crippen LogP contribution < -0.4 is 0 Å². The van der Waals surface area contributed by atoms with Gasteiger partial charge in [0.2, 0.25) is 5.78 Å². The molecule has 2 aromatic carbocycles. The van der Waals surface area contributed by atoms with Crippen molar-refractivity contribution in [1.82, 2.24) is 0 Å². The lowest BCUT2D eigenvalue weighted by molar-refractivity contribution is 0.104. The summed E-state index contributed by atoms with van der Waals surface area (Å²) in [7, 11) is 0. The van der Waals surface area contributed by atoms with Gasteiger partial charge in [-0.05, 0) is 30.7 Å². The van der Waals surface area contributed by atoms with Crippen LogP contribution >= 0.6 is 11.8 Å². The minimum atomic E-state index is 0.141. The van der Waals surface area contributed by atoms with Gasteiger partial charge in [0.15, 0.2) is 0 Å². The van der Waals surface area contributed by atoms with Crippen LogP contribution in [-0.4, -0.2) is 5.78 Å². The number of fused-ring (bicyclic) bond motifs is 1. The van der Waals surface area contributed by atoms with Crippen molar-refractivity contribution < 1.29 is 4.79 Å². The second kappa shape index (κ2) is 4.46. The quantitative estimate of drug-likeness (QED) is 0.703. The minimum Gasteiger partial charge on any atom is -0.288 e. The number of allylic oxidation sites excluding steroid dienone is 1.